The van der Waals surface area contributed by atoms with Crippen LogP contribution in [-0.4, -0.2) is 30.7 Å². The molecule has 0 saturated heterocycles. The zero-order chi connectivity index (χ0) is 17.1. The Kier molecular flexibility index (Phi) is 4.04. The van der Waals surface area contributed by atoms with Gasteiger partial charge in [0.15, 0.2) is 0 Å². The Balaban J connectivity index is 1.46. The van der Waals surface area contributed by atoms with Crippen LogP contribution in [-0.2, 0) is 19.6 Å². The van der Waals surface area contributed by atoms with E-state index in [0.717, 1.165) is 22.8 Å². The molecule has 0 unspecified atom stereocenters. The Labute approximate surface area is 144 Å². The number of nitrogens with zero attached hydrogens (tertiary/aromatic N) is 5. The van der Waals surface area contributed by atoms with Crippen molar-refractivity contribution in [3.05, 3.63) is 77.8 Å². The number of carbonyl (C=O) groups is 1. The van der Waals surface area contributed by atoms with Crippen LogP contribution in [0.4, 0.5) is 5.82 Å². The van der Waals surface area contributed by atoms with E-state index in [4.69, 9.17) is 0 Å². The lowest BCUT2D eigenvalue weighted by Gasteiger charge is -2.13. The maximum absolute atomic E-state index is 12.5. The quantitative estimate of drug-likeness (QED) is 0.770. The number of rotatable bonds is 5. The Bertz CT molecular complexity index is 885. The Hall–Kier alpha value is -3.35. The summed E-state index contributed by atoms with van der Waals surface area (Å²) >= 11 is 0. The minimum absolute atomic E-state index is 0.0213. The molecule has 3 aromatic rings. The summed E-state index contributed by atoms with van der Waals surface area (Å²) in [5.41, 5.74) is 3.27. The van der Waals surface area contributed by atoms with E-state index >= 15 is 0 Å². The van der Waals surface area contributed by atoms with Crippen LogP contribution in [0.1, 0.15) is 27.3 Å². The van der Waals surface area contributed by atoms with E-state index in [1.165, 1.54) is 0 Å². The number of fused-ring (bicyclic) bond motifs is 1. The third-order valence-corrected chi connectivity index (χ3v) is 4.00. The number of pyridine rings is 2. The van der Waals surface area contributed by atoms with Crippen LogP contribution in [0.5, 0.6) is 0 Å². The van der Waals surface area contributed by atoms with E-state index in [1.54, 1.807) is 29.7 Å². The van der Waals surface area contributed by atoms with E-state index in [-0.39, 0.29) is 5.91 Å². The topological polar surface area (TPSA) is 83.9 Å². The van der Waals surface area contributed by atoms with Gasteiger partial charge in [-0.15, -0.1) is 0 Å². The normalized spacial score (nSPS) is 13.0. The van der Waals surface area contributed by atoms with Crippen molar-refractivity contribution >= 4 is 11.7 Å². The predicted octanol–water partition coefficient (Wildman–Crippen LogP) is 2.03. The van der Waals surface area contributed by atoms with Crippen LogP contribution in [0, 0.1) is 0 Å². The summed E-state index contributed by atoms with van der Waals surface area (Å²) in [5.74, 6) is 0.726. The van der Waals surface area contributed by atoms with Crippen LogP contribution in [0.3, 0.4) is 0 Å². The van der Waals surface area contributed by atoms with Gasteiger partial charge < -0.3 is 10.2 Å². The molecule has 7 heteroatoms. The Morgan fingerprint density at radius 3 is 2.80 bits per heavy atom. The number of hydrogen-bond acceptors (Lipinski definition) is 6. The monoisotopic (exact) mass is 332 g/mol. The molecule has 4 heterocycles. The molecule has 0 atom stereocenters. The molecule has 3 aromatic heterocycles. The molecule has 0 radical (unpaired) electrons. The van der Waals surface area contributed by atoms with Gasteiger partial charge in [-0.25, -0.2) is 4.98 Å². The third kappa shape index (κ3) is 3.30. The summed E-state index contributed by atoms with van der Waals surface area (Å²) in [6.07, 6.45) is 8.47. The van der Waals surface area contributed by atoms with Crippen LogP contribution in [0.2, 0.25) is 0 Å². The van der Waals surface area contributed by atoms with E-state index < -0.39 is 0 Å². The molecule has 1 aliphatic heterocycles. The number of amides is 1. The van der Waals surface area contributed by atoms with Crippen molar-refractivity contribution in [3.8, 4) is 0 Å². The van der Waals surface area contributed by atoms with E-state index in [1.807, 2.05) is 30.5 Å². The van der Waals surface area contributed by atoms with E-state index in [9.17, 15) is 4.79 Å². The highest BCUT2D eigenvalue weighted by Crippen LogP contribution is 2.24. The van der Waals surface area contributed by atoms with Gasteiger partial charge >= 0.3 is 0 Å². The number of carbonyl (C=O) groups excluding carboxylic acids is 1. The van der Waals surface area contributed by atoms with Crippen LogP contribution in [0.25, 0.3) is 0 Å². The standard InChI is InChI=1S/C18H16N6O/c25-18-15-3-4-17(22-9-13-2-1-5-19-8-13)23-16(15)12-24(18)11-14-10-20-6-7-21-14/h1-8,10H,9,11-12H2,(H,22,23). The molecule has 25 heavy (non-hydrogen) atoms. The molecular formula is C18H16N6O. The number of aromatic nitrogens is 4. The Morgan fingerprint density at radius 2 is 2.00 bits per heavy atom. The molecule has 0 saturated carbocycles. The first-order valence-corrected chi connectivity index (χ1v) is 7.96. The highest BCUT2D eigenvalue weighted by atomic mass is 16.2. The third-order valence-electron chi connectivity index (χ3n) is 4.00. The minimum atomic E-state index is -0.0213. The average molecular weight is 332 g/mol. The van der Waals surface area contributed by atoms with Gasteiger partial charge in [0, 0.05) is 31.3 Å². The average Bonchev–Trinajstić information content (AvgIpc) is 2.97. The lowest BCUT2D eigenvalue weighted by atomic mass is 10.2. The summed E-state index contributed by atoms with van der Waals surface area (Å²) in [5, 5.41) is 3.27. The zero-order valence-corrected chi connectivity index (χ0v) is 13.5. The predicted molar refractivity (Wildman–Crippen MR) is 91.4 cm³/mol. The van der Waals surface area contributed by atoms with Crippen molar-refractivity contribution in [2.45, 2.75) is 19.6 Å². The highest BCUT2D eigenvalue weighted by molar-refractivity contribution is 5.97. The molecule has 7 nitrogen and oxygen atoms in total. The zero-order valence-electron chi connectivity index (χ0n) is 13.5. The summed E-state index contributed by atoms with van der Waals surface area (Å²) in [6, 6.07) is 7.56. The smallest absolute Gasteiger partial charge is 0.256 e. The number of nitrogens with one attached hydrogen (secondary N) is 1. The second kappa shape index (κ2) is 6.64. The number of hydrogen-bond donors (Lipinski definition) is 1. The molecule has 0 spiro atoms. The molecule has 1 aliphatic rings. The lowest BCUT2D eigenvalue weighted by Crippen LogP contribution is -2.23. The van der Waals surface area contributed by atoms with Gasteiger partial charge in [0.25, 0.3) is 5.91 Å². The first-order chi connectivity index (χ1) is 12.3. The van der Waals surface area contributed by atoms with Gasteiger partial charge in [-0.1, -0.05) is 6.07 Å². The molecule has 124 valence electrons. The van der Waals surface area contributed by atoms with Gasteiger partial charge in [-0.3, -0.25) is 19.7 Å². The fraction of sp³-hybridized carbons (Fsp3) is 0.167. The van der Waals surface area contributed by atoms with Gasteiger partial charge in [-0.2, -0.15) is 0 Å². The van der Waals surface area contributed by atoms with Crippen LogP contribution in [0.15, 0.2) is 55.2 Å². The molecule has 0 bridgehead atoms. The summed E-state index contributed by atoms with van der Waals surface area (Å²) in [4.78, 5) is 31.2. The van der Waals surface area contributed by atoms with Crippen molar-refractivity contribution in [3.63, 3.8) is 0 Å². The molecule has 4 rings (SSSR count). The highest BCUT2D eigenvalue weighted by Gasteiger charge is 2.29. The van der Waals surface area contributed by atoms with Crippen molar-refractivity contribution in [1.29, 1.82) is 0 Å². The second-order valence-corrected chi connectivity index (χ2v) is 5.76. The number of anilines is 1. The SMILES string of the molecule is O=C1c2ccc(NCc3cccnc3)nc2CN1Cc1cnccn1. The van der Waals surface area contributed by atoms with Crippen LogP contribution < -0.4 is 5.32 Å². The molecule has 1 N–H and O–H groups in total. The van der Waals surface area contributed by atoms with Crippen LogP contribution >= 0.6 is 0 Å². The molecular weight excluding hydrogens is 316 g/mol. The molecule has 0 aliphatic carbocycles. The molecule has 0 fully saturated rings. The van der Waals surface area contributed by atoms with E-state index in [2.05, 4.69) is 25.3 Å². The first-order valence-electron chi connectivity index (χ1n) is 7.96. The summed E-state index contributed by atoms with van der Waals surface area (Å²) < 4.78 is 0. The van der Waals surface area contributed by atoms with Crippen molar-refractivity contribution in [2.75, 3.05) is 5.32 Å². The summed E-state index contributed by atoms with van der Waals surface area (Å²) in [6.45, 7) is 1.55. The molecule has 0 aromatic carbocycles. The molecule has 1 amide bonds. The maximum atomic E-state index is 12.5. The minimum Gasteiger partial charge on any atom is -0.366 e. The van der Waals surface area contributed by atoms with Crippen molar-refractivity contribution in [2.24, 2.45) is 0 Å². The maximum Gasteiger partial charge on any atom is 0.256 e. The van der Waals surface area contributed by atoms with Gasteiger partial charge in [0.05, 0.1) is 36.2 Å². The second-order valence-electron chi connectivity index (χ2n) is 5.76. The first kappa shape index (κ1) is 15.2. The van der Waals surface area contributed by atoms with Crippen molar-refractivity contribution < 1.29 is 4.79 Å². The van der Waals surface area contributed by atoms with E-state index in [0.29, 0.717) is 25.2 Å². The van der Waals surface area contributed by atoms with Gasteiger partial charge in [-0.05, 0) is 23.8 Å². The van der Waals surface area contributed by atoms with Crippen molar-refractivity contribution in [1.82, 2.24) is 24.8 Å². The fourth-order valence-electron chi connectivity index (χ4n) is 2.77. The fourth-order valence-corrected chi connectivity index (χ4v) is 2.77. The van der Waals surface area contributed by atoms with Gasteiger partial charge in [0.2, 0.25) is 0 Å². The Morgan fingerprint density at radius 1 is 1.08 bits per heavy atom. The van der Waals surface area contributed by atoms with Gasteiger partial charge in [0.1, 0.15) is 5.82 Å². The lowest BCUT2D eigenvalue weighted by molar-refractivity contribution is 0.0764. The largest absolute Gasteiger partial charge is 0.366 e. The summed E-state index contributed by atoms with van der Waals surface area (Å²) in [7, 11) is 0.